The van der Waals surface area contributed by atoms with Crippen LogP contribution < -0.4 is 5.32 Å². The highest BCUT2D eigenvalue weighted by Gasteiger charge is 2.28. The summed E-state index contributed by atoms with van der Waals surface area (Å²) in [6.45, 7) is 0. The first-order chi connectivity index (χ1) is 9.15. The lowest BCUT2D eigenvalue weighted by Gasteiger charge is -2.21. The molecule has 1 unspecified atom stereocenters. The molecule has 1 aromatic heterocycles. The molecule has 0 radical (unpaired) electrons. The molecule has 1 aliphatic rings. The maximum atomic E-state index is 11.8. The third-order valence-electron chi connectivity index (χ3n) is 3.32. The van der Waals surface area contributed by atoms with Gasteiger partial charge in [0.2, 0.25) is 11.8 Å². The van der Waals surface area contributed by atoms with Crippen LogP contribution in [0.3, 0.4) is 0 Å². The molecule has 96 valence electrons. The minimum absolute atomic E-state index is 0.197. The molecule has 1 atom stereocenters. The fourth-order valence-electron chi connectivity index (χ4n) is 2.34. The van der Waals surface area contributed by atoms with Gasteiger partial charge >= 0.3 is 0 Å². The first-order valence-corrected chi connectivity index (χ1v) is 6.82. The number of nitrogens with one attached hydrogen (secondary N) is 1. The molecule has 1 aliphatic heterocycles. The van der Waals surface area contributed by atoms with Gasteiger partial charge in [-0.1, -0.05) is 12.1 Å². The Morgan fingerprint density at radius 1 is 1.32 bits per heavy atom. The Morgan fingerprint density at radius 3 is 2.95 bits per heavy atom. The van der Waals surface area contributed by atoms with Gasteiger partial charge in [0.25, 0.3) is 0 Å². The zero-order chi connectivity index (χ0) is 13.4. The van der Waals surface area contributed by atoms with E-state index < -0.39 is 0 Å². The van der Waals surface area contributed by atoms with Crippen molar-refractivity contribution in [2.45, 2.75) is 18.8 Å². The predicted molar refractivity (Wildman–Crippen MR) is 74.6 cm³/mol. The molecule has 1 aromatic carbocycles. The fraction of sp³-hybridized carbons (Fsp3) is 0.214. The number of aromatic nitrogens is 1. The maximum Gasteiger partial charge on any atom is 0.234 e. The Balaban J connectivity index is 2.02. The van der Waals surface area contributed by atoms with Gasteiger partial charge in [0.1, 0.15) is 0 Å². The number of carbonyl (C=O) groups is 2. The van der Waals surface area contributed by atoms with E-state index in [1.165, 1.54) is 0 Å². The summed E-state index contributed by atoms with van der Waals surface area (Å²) < 4.78 is 0.930. The Morgan fingerprint density at radius 2 is 2.16 bits per heavy atom. The van der Waals surface area contributed by atoms with Gasteiger partial charge in [-0.15, -0.1) is 0 Å². The predicted octanol–water partition coefficient (Wildman–Crippen LogP) is 2.52. The van der Waals surface area contributed by atoms with Gasteiger partial charge in [-0.25, -0.2) is 0 Å². The first-order valence-electron chi connectivity index (χ1n) is 6.03. The highest BCUT2D eigenvalue weighted by molar-refractivity contribution is 9.10. The molecule has 4 nitrogen and oxygen atoms in total. The zero-order valence-corrected chi connectivity index (χ0v) is 11.6. The molecule has 0 spiro atoms. The van der Waals surface area contributed by atoms with Crippen molar-refractivity contribution in [1.82, 2.24) is 10.3 Å². The second-order valence-corrected chi connectivity index (χ2v) is 5.44. The number of rotatable bonds is 1. The Labute approximate surface area is 118 Å². The standard InChI is InChI=1S/C14H11BrN2O2/c15-11-3-1-2-8-6-9(7-16-13(8)11)10-4-5-12(18)17-14(10)19/h1-3,6-7,10H,4-5H2,(H,17,18,19). The van der Waals surface area contributed by atoms with Crippen LogP contribution in [-0.4, -0.2) is 16.8 Å². The van der Waals surface area contributed by atoms with Crippen LogP contribution in [0.25, 0.3) is 10.9 Å². The monoisotopic (exact) mass is 318 g/mol. The van der Waals surface area contributed by atoms with Crippen molar-refractivity contribution in [3.63, 3.8) is 0 Å². The average molecular weight is 319 g/mol. The number of benzene rings is 1. The third-order valence-corrected chi connectivity index (χ3v) is 3.96. The molecule has 2 amide bonds. The summed E-state index contributed by atoms with van der Waals surface area (Å²) >= 11 is 3.45. The summed E-state index contributed by atoms with van der Waals surface area (Å²) in [5.41, 5.74) is 1.73. The number of amides is 2. The molecular formula is C14H11BrN2O2. The van der Waals surface area contributed by atoms with Crippen LogP contribution in [0, 0.1) is 0 Å². The Hall–Kier alpha value is -1.75. The number of nitrogens with zero attached hydrogens (tertiary/aromatic N) is 1. The van der Waals surface area contributed by atoms with Crippen molar-refractivity contribution >= 4 is 38.6 Å². The van der Waals surface area contributed by atoms with Crippen molar-refractivity contribution in [1.29, 1.82) is 0 Å². The van der Waals surface area contributed by atoms with Crippen LogP contribution in [0.15, 0.2) is 34.9 Å². The number of para-hydroxylation sites is 1. The van der Waals surface area contributed by atoms with Crippen molar-refractivity contribution in [3.8, 4) is 0 Å². The topological polar surface area (TPSA) is 59.1 Å². The van der Waals surface area contributed by atoms with Gasteiger partial charge in [-0.2, -0.15) is 0 Å². The zero-order valence-electron chi connectivity index (χ0n) is 10.0. The molecule has 0 aliphatic carbocycles. The summed E-state index contributed by atoms with van der Waals surface area (Å²) in [7, 11) is 0. The van der Waals surface area contributed by atoms with Gasteiger partial charge in [-0.3, -0.25) is 19.9 Å². The number of hydrogen-bond donors (Lipinski definition) is 1. The van der Waals surface area contributed by atoms with E-state index in [1.54, 1.807) is 6.20 Å². The number of imide groups is 1. The SMILES string of the molecule is O=C1CCC(c2cnc3c(Br)cccc3c2)C(=O)N1. The molecule has 19 heavy (non-hydrogen) atoms. The quantitative estimate of drug-likeness (QED) is 0.822. The lowest BCUT2D eigenvalue weighted by molar-refractivity contribution is -0.134. The molecule has 0 bridgehead atoms. The van der Waals surface area contributed by atoms with Crippen LogP contribution in [0.1, 0.15) is 24.3 Å². The van der Waals surface area contributed by atoms with Gasteiger partial charge in [0, 0.05) is 22.5 Å². The molecule has 3 rings (SSSR count). The van der Waals surface area contributed by atoms with Gasteiger partial charge in [0.15, 0.2) is 0 Å². The molecule has 1 saturated heterocycles. The summed E-state index contributed by atoms with van der Waals surface area (Å²) in [5.74, 6) is -0.710. The molecule has 1 fully saturated rings. The minimum Gasteiger partial charge on any atom is -0.296 e. The molecule has 0 saturated carbocycles. The van der Waals surface area contributed by atoms with Crippen LogP contribution in [-0.2, 0) is 9.59 Å². The highest BCUT2D eigenvalue weighted by atomic mass is 79.9. The van der Waals surface area contributed by atoms with E-state index >= 15 is 0 Å². The number of piperidine rings is 1. The van der Waals surface area contributed by atoms with E-state index in [2.05, 4.69) is 26.2 Å². The molecular weight excluding hydrogens is 308 g/mol. The van der Waals surface area contributed by atoms with Gasteiger partial charge < -0.3 is 0 Å². The fourth-order valence-corrected chi connectivity index (χ4v) is 2.83. The van der Waals surface area contributed by atoms with E-state index in [4.69, 9.17) is 0 Å². The van der Waals surface area contributed by atoms with Crippen LogP contribution >= 0.6 is 15.9 Å². The average Bonchev–Trinajstić information content (AvgIpc) is 2.38. The smallest absolute Gasteiger partial charge is 0.234 e. The van der Waals surface area contributed by atoms with Crippen LogP contribution in [0.2, 0.25) is 0 Å². The number of pyridine rings is 1. The van der Waals surface area contributed by atoms with Crippen LogP contribution in [0.5, 0.6) is 0 Å². The van der Waals surface area contributed by atoms with E-state index in [0.29, 0.717) is 12.8 Å². The summed E-state index contributed by atoms with van der Waals surface area (Å²) in [5, 5.41) is 3.36. The molecule has 1 N–H and O–H groups in total. The Bertz CT molecular complexity index is 684. The Kier molecular flexibility index (Phi) is 3.06. The summed E-state index contributed by atoms with van der Waals surface area (Å²) in [6.07, 6.45) is 2.64. The molecule has 2 heterocycles. The van der Waals surface area contributed by atoms with Gasteiger partial charge in [0.05, 0.1) is 11.4 Å². The minimum atomic E-state index is -0.284. The van der Waals surface area contributed by atoms with E-state index in [-0.39, 0.29) is 17.7 Å². The lowest BCUT2D eigenvalue weighted by Crippen LogP contribution is -2.39. The molecule has 2 aromatic rings. The second-order valence-electron chi connectivity index (χ2n) is 4.58. The van der Waals surface area contributed by atoms with Crippen molar-refractivity contribution in [3.05, 3.63) is 40.5 Å². The largest absolute Gasteiger partial charge is 0.296 e. The van der Waals surface area contributed by atoms with Crippen molar-refractivity contribution in [2.75, 3.05) is 0 Å². The lowest BCUT2D eigenvalue weighted by atomic mass is 9.91. The highest BCUT2D eigenvalue weighted by Crippen LogP contribution is 2.28. The number of carbonyl (C=O) groups excluding carboxylic acids is 2. The number of halogens is 1. The van der Waals surface area contributed by atoms with E-state index in [0.717, 1.165) is 20.9 Å². The van der Waals surface area contributed by atoms with E-state index in [9.17, 15) is 9.59 Å². The summed E-state index contributed by atoms with van der Waals surface area (Å²) in [6, 6.07) is 7.79. The number of hydrogen-bond acceptors (Lipinski definition) is 3. The third kappa shape index (κ3) is 2.26. The first kappa shape index (κ1) is 12.3. The number of fused-ring (bicyclic) bond motifs is 1. The molecule has 5 heteroatoms. The van der Waals surface area contributed by atoms with Crippen molar-refractivity contribution in [2.24, 2.45) is 0 Å². The normalized spacial score (nSPS) is 19.5. The maximum absolute atomic E-state index is 11.8. The second kappa shape index (κ2) is 4.74. The van der Waals surface area contributed by atoms with E-state index in [1.807, 2.05) is 24.3 Å². The van der Waals surface area contributed by atoms with Gasteiger partial charge in [-0.05, 0) is 40.0 Å². The van der Waals surface area contributed by atoms with Crippen LogP contribution in [0.4, 0.5) is 0 Å². The summed E-state index contributed by atoms with van der Waals surface area (Å²) in [4.78, 5) is 27.4. The van der Waals surface area contributed by atoms with Crippen molar-refractivity contribution < 1.29 is 9.59 Å².